The van der Waals surface area contributed by atoms with Crippen LogP contribution in [-0.2, 0) is 9.59 Å². The predicted molar refractivity (Wildman–Crippen MR) is 47.4 cm³/mol. The third-order valence-electron chi connectivity index (χ3n) is 1.74. The van der Waals surface area contributed by atoms with Gasteiger partial charge in [0.15, 0.2) is 6.29 Å². The first-order chi connectivity index (χ1) is 6.40. The van der Waals surface area contributed by atoms with Crippen LogP contribution in [0.3, 0.4) is 0 Å². The molecule has 0 rings (SSSR count). The molecular weight excluding hydrogens is 190 g/mol. The third kappa shape index (κ3) is 3.82. The number of hydrogen-bond acceptors (Lipinski definition) is 5. The van der Waals surface area contributed by atoms with Crippen molar-refractivity contribution >= 4 is 12.2 Å². The first-order valence-corrected chi connectivity index (χ1v) is 4.16. The smallest absolute Gasteiger partial charge is 0.217 e. The van der Waals surface area contributed by atoms with E-state index in [1.165, 1.54) is 13.8 Å². The largest absolute Gasteiger partial charge is 0.391 e. The summed E-state index contributed by atoms with van der Waals surface area (Å²) in [6.07, 6.45) is -3.89. The van der Waals surface area contributed by atoms with E-state index in [1.54, 1.807) is 0 Å². The average Bonchev–Trinajstić information content (AvgIpc) is 2.11. The third-order valence-corrected chi connectivity index (χ3v) is 1.74. The molecule has 0 aromatic carbocycles. The minimum atomic E-state index is -1.54. The van der Waals surface area contributed by atoms with Crippen molar-refractivity contribution in [1.82, 2.24) is 5.32 Å². The van der Waals surface area contributed by atoms with Crippen molar-refractivity contribution in [3.8, 4) is 0 Å². The zero-order valence-electron chi connectivity index (χ0n) is 8.04. The Labute approximate surface area is 81.5 Å². The van der Waals surface area contributed by atoms with Gasteiger partial charge in [0.2, 0.25) is 5.91 Å². The van der Waals surface area contributed by atoms with Gasteiger partial charge in [0.05, 0.1) is 12.1 Å². The standard InChI is InChI=1S/C8H15NO5/c1-4(11)8(14)7(6(13)3-10)9-5(2)12/h3-4,6-8,11,13-14H,1-2H3,(H,9,12)/t4-,6+,7-,8-/m1/s1. The van der Waals surface area contributed by atoms with Crippen LogP contribution in [0.1, 0.15) is 13.8 Å². The molecule has 0 saturated carbocycles. The highest BCUT2D eigenvalue weighted by molar-refractivity contribution is 5.74. The van der Waals surface area contributed by atoms with E-state index in [0.29, 0.717) is 0 Å². The Hall–Kier alpha value is -0.980. The zero-order valence-corrected chi connectivity index (χ0v) is 8.04. The molecule has 4 atom stereocenters. The normalized spacial score (nSPS) is 19.2. The summed E-state index contributed by atoms with van der Waals surface area (Å²) in [4.78, 5) is 20.9. The number of rotatable bonds is 5. The fourth-order valence-electron chi connectivity index (χ4n) is 0.992. The van der Waals surface area contributed by atoms with Crippen molar-refractivity contribution in [3.05, 3.63) is 0 Å². The zero-order chi connectivity index (χ0) is 11.3. The maximum Gasteiger partial charge on any atom is 0.217 e. The number of carbonyl (C=O) groups is 2. The van der Waals surface area contributed by atoms with E-state index in [2.05, 4.69) is 5.32 Å². The van der Waals surface area contributed by atoms with Crippen LogP contribution in [-0.4, -0.2) is 51.9 Å². The minimum absolute atomic E-state index is 0.187. The summed E-state index contributed by atoms with van der Waals surface area (Å²) in [5.41, 5.74) is 0. The van der Waals surface area contributed by atoms with Crippen LogP contribution in [0, 0.1) is 0 Å². The molecule has 6 nitrogen and oxygen atoms in total. The molecule has 0 aliphatic heterocycles. The number of nitrogens with one attached hydrogen (secondary N) is 1. The van der Waals surface area contributed by atoms with Gasteiger partial charge in [0.1, 0.15) is 12.2 Å². The Morgan fingerprint density at radius 2 is 1.86 bits per heavy atom. The molecule has 0 unspecified atom stereocenters. The van der Waals surface area contributed by atoms with Crippen LogP contribution in [0.2, 0.25) is 0 Å². The molecule has 0 spiro atoms. The van der Waals surface area contributed by atoms with Crippen LogP contribution < -0.4 is 5.32 Å². The lowest BCUT2D eigenvalue weighted by Gasteiger charge is -2.26. The molecule has 1 amide bonds. The van der Waals surface area contributed by atoms with Gasteiger partial charge in [-0.15, -0.1) is 0 Å². The fourth-order valence-corrected chi connectivity index (χ4v) is 0.992. The van der Waals surface area contributed by atoms with E-state index in [9.17, 15) is 14.7 Å². The quantitative estimate of drug-likeness (QED) is 0.381. The molecule has 14 heavy (non-hydrogen) atoms. The van der Waals surface area contributed by atoms with Gasteiger partial charge in [-0.25, -0.2) is 0 Å². The second kappa shape index (κ2) is 5.69. The highest BCUT2D eigenvalue weighted by atomic mass is 16.3. The molecule has 0 bridgehead atoms. The van der Waals surface area contributed by atoms with Gasteiger partial charge >= 0.3 is 0 Å². The van der Waals surface area contributed by atoms with Crippen molar-refractivity contribution in [3.63, 3.8) is 0 Å². The average molecular weight is 205 g/mol. The van der Waals surface area contributed by atoms with E-state index in [0.717, 1.165) is 0 Å². The first kappa shape index (κ1) is 13.0. The Morgan fingerprint density at radius 3 is 2.14 bits per heavy atom. The number of aldehydes is 1. The molecule has 0 saturated heterocycles. The molecule has 0 aliphatic rings. The van der Waals surface area contributed by atoms with Gasteiger partial charge in [-0.2, -0.15) is 0 Å². The second-order valence-corrected chi connectivity index (χ2v) is 3.08. The summed E-state index contributed by atoms with van der Waals surface area (Å²) < 4.78 is 0. The summed E-state index contributed by atoms with van der Waals surface area (Å²) in [7, 11) is 0. The lowest BCUT2D eigenvalue weighted by Crippen LogP contribution is -2.54. The lowest BCUT2D eigenvalue weighted by molar-refractivity contribution is -0.126. The van der Waals surface area contributed by atoms with Gasteiger partial charge in [0, 0.05) is 6.92 Å². The fraction of sp³-hybridized carbons (Fsp3) is 0.750. The van der Waals surface area contributed by atoms with Crippen molar-refractivity contribution in [2.75, 3.05) is 0 Å². The Morgan fingerprint density at radius 1 is 1.36 bits per heavy atom. The lowest BCUT2D eigenvalue weighted by atomic mass is 10.0. The van der Waals surface area contributed by atoms with Crippen LogP contribution in [0.4, 0.5) is 0 Å². The molecule has 4 N–H and O–H groups in total. The molecule has 0 aromatic rings. The van der Waals surface area contributed by atoms with Crippen molar-refractivity contribution in [2.24, 2.45) is 0 Å². The van der Waals surface area contributed by atoms with Crippen molar-refractivity contribution in [2.45, 2.75) is 38.2 Å². The number of aliphatic hydroxyl groups is 3. The summed E-state index contributed by atoms with van der Waals surface area (Å²) in [6.45, 7) is 2.47. The second-order valence-electron chi connectivity index (χ2n) is 3.08. The summed E-state index contributed by atoms with van der Waals surface area (Å²) in [5, 5.41) is 29.7. The number of hydrogen-bond donors (Lipinski definition) is 4. The Bertz CT molecular complexity index is 206. The molecule has 0 radical (unpaired) electrons. The van der Waals surface area contributed by atoms with Gasteiger partial charge in [0.25, 0.3) is 0 Å². The molecule has 0 aliphatic carbocycles. The van der Waals surface area contributed by atoms with Gasteiger partial charge in [-0.1, -0.05) is 0 Å². The molecule has 6 heteroatoms. The summed E-state index contributed by atoms with van der Waals surface area (Å²) in [5.74, 6) is -0.504. The summed E-state index contributed by atoms with van der Waals surface area (Å²) in [6, 6.07) is -1.19. The van der Waals surface area contributed by atoms with Crippen LogP contribution in [0.25, 0.3) is 0 Å². The van der Waals surface area contributed by atoms with E-state index in [1.807, 2.05) is 0 Å². The van der Waals surface area contributed by atoms with E-state index < -0.39 is 30.3 Å². The Balaban J connectivity index is 4.53. The van der Waals surface area contributed by atoms with Gasteiger partial charge in [-0.05, 0) is 6.92 Å². The van der Waals surface area contributed by atoms with Crippen LogP contribution in [0.15, 0.2) is 0 Å². The van der Waals surface area contributed by atoms with E-state index in [4.69, 9.17) is 10.2 Å². The monoisotopic (exact) mass is 205 g/mol. The topological polar surface area (TPSA) is 107 Å². The number of aliphatic hydroxyl groups excluding tert-OH is 3. The molecule has 0 heterocycles. The van der Waals surface area contributed by atoms with Gasteiger partial charge in [-0.3, -0.25) is 4.79 Å². The maximum absolute atomic E-state index is 10.7. The number of amides is 1. The van der Waals surface area contributed by atoms with Gasteiger partial charge < -0.3 is 25.4 Å². The van der Waals surface area contributed by atoms with E-state index >= 15 is 0 Å². The van der Waals surface area contributed by atoms with Crippen molar-refractivity contribution < 1.29 is 24.9 Å². The maximum atomic E-state index is 10.7. The number of carbonyl (C=O) groups excluding carboxylic acids is 2. The highest BCUT2D eigenvalue weighted by Gasteiger charge is 2.30. The SMILES string of the molecule is CC(=O)N[C@@H]([C@H](O)[C@@H](C)O)[C@@H](O)C=O. The molecule has 82 valence electrons. The Kier molecular flexibility index (Phi) is 5.29. The van der Waals surface area contributed by atoms with Crippen LogP contribution in [0.5, 0.6) is 0 Å². The predicted octanol–water partition coefficient (Wildman–Crippen LogP) is -2.21. The van der Waals surface area contributed by atoms with Crippen LogP contribution >= 0.6 is 0 Å². The van der Waals surface area contributed by atoms with E-state index in [-0.39, 0.29) is 6.29 Å². The first-order valence-electron chi connectivity index (χ1n) is 4.16. The minimum Gasteiger partial charge on any atom is -0.391 e. The summed E-state index contributed by atoms with van der Waals surface area (Å²) >= 11 is 0. The molecular formula is C8H15NO5. The molecule has 0 aromatic heterocycles. The molecule has 0 fully saturated rings. The van der Waals surface area contributed by atoms with Crippen molar-refractivity contribution in [1.29, 1.82) is 0 Å². The highest BCUT2D eigenvalue weighted by Crippen LogP contribution is 2.03.